The van der Waals surface area contributed by atoms with Crippen molar-refractivity contribution in [3.63, 3.8) is 0 Å². The molecule has 1 atom stereocenters. The van der Waals surface area contributed by atoms with Crippen molar-refractivity contribution in [3.8, 4) is 0 Å². The van der Waals surface area contributed by atoms with Crippen molar-refractivity contribution in [1.82, 2.24) is 15.3 Å². The second-order valence-corrected chi connectivity index (χ2v) is 9.21. The Kier molecular flexibility index (Phi) is 6.22. The summed E-state index contributed by atoms with van der Waals surface area (Å²) >= 11 is 0. The minimum absolute atomic E-state index is 0.222. The number of hydrogen-bond acceptors (Lipinski definition) is 6. The molecular weight excluding hydrogens is 434 g/mol. The van der Waals surface area contributed by atoms with Gasteiger partial charge in [0.25, 0.3) is 0 Å². The van der Waals surface area contributed by atoms with Gasteiger partial charge >= 0.3 is 0 Å². The van der Waals surface area contributed by atoms with Crippen LogP contribution in [0.2, 0.25) is 0 Å². The molecule has 0 spiro atoms. The largest absolute Gasteiger partial charge is 0.356 e. The van der Waals surface area contributed by atoms with E-state index < -0.39 is 11.6 Å². The van der Waals surface area contributed by atoms with Crippen LogP contribution in [0.25, 0.3) is 5.57 Å². The first-order valence-corrected chi connectivity index (χ1v) is 11.7. The minimum atomic E-state index is -0.854. The summed E-state index contributed by atoms with van der Waals surface area (Å²) in [5.74, 6) is 0.104. The monoisotopic (exact) mass is 462 g/mol. The molecule has 8 heteroatoms. The van der Waals surface area contributed by atoms with Gasteiger partial charge in [-0.15, -0.1) is 0 Å². The summed E-state index contributed by atoms with van der Waals surface area (Å²) in [7, 11) is 0. The van der Waals surface area contributed by atoms with Crippen molar-refractivity contribution in [2.75, 3.05) is 24.5 Å². The van der Waals surface area contributed by atoms with E-state index in [1.165, 1.54) is 12.1 Å². The summed E-state index contributed by atoms with van der Waals surface area (Å²) < 4.78 is 27.5. The van der Waals surface area contributed by atoms with Crippen LogP contribution in [0, 0.1) is 24.5 Å². The zero-order valence-electron chi connectivity index (χ0n) is 19.4. The number of piperidine rings is 1. The van der Waals surface area contributed by atoms with Crippen molar-refractivity contribution >= 4 is 23.1 Å². The standard InChI is InChI=1S/C26H28F2N6/c1-16-9-18-12-24(21(10-16)19-3-4-22(27)23(28)13-19)33-26(29-14-18)32-20-5-7-34(8-6-20)25-11-17(2)30-15-31-25/h3-4,9-11,13,15,18,20H,5-8,12,14H2,1-2H3,(H,29,32). The number of fused-ring (bicyclic) bond motifs is 2. The van der Waals surface area contributed by atoms with Gasteiger partial charge in [-0.1, -0.05) is 17.7 Å². The number of benzene rings is 1. The van der Waals surface area contributed by atoms with Gasteiger partial charge in [0.05, 0.1) is 5.71 Å². The van der Waals surface area contributed by atoms with E-state index in [1.807, 2.05) is 26.0 Å². The number of aromatic nitrogens is 2. The average Bonchev–Trinajstić information content (AvgIpc) is 3.11. The molecule has 1 aliphatic carbocycles. The van der Waals surface area contributed by atoms with E-state index >= 15 is 0 Å². The lowest BCUT2D eigenvalue weighted by Gasteiger charge is -2.33. The van der Waals surface area contributed by atoms with Crippen molar-refractivity contribution in [1.29, 1.82) is 0 Å². The van der Waals surface area contributed by atoms with Crippen LogP contribution in [0.15, 0.2) is 58.3 Å². The molecule has 0 amide bonds. The quantitative estimate of drug-likeness (QED) is 0.730. The molecule has 3 aliphatic rings. The SMILES string of the molecule is CC1=CC2CN=C(NC3CCN(c4cc(C)ncn4)CC3)N=C(C2)C(c2ccc(F)c(F)c2)=C1. The predicted molar refractivity (Wildman–Crippen MR) is 131 cm³/mol. The van der Waals surface area contributed by atoms with Gasteiger partial charge in [-0.05, 0) is 56.9 Å². The Balaban J connectivity index is 1.33. The molecule has 2 aromatic rings. The number of halogens is 2. The Morgan fingerprint density at radius 1 is 1.03 bits per heavy atom. The number of aryl methyl sites for hydroxylation is 1. The number of aliphatic imine (C=N–C) groups is 2. The third-order valence-corrected chi connectivity index (χ3v) is 6.53. The molecule has 2 bridgehead atoms. The third-order valence-electron chi connectivity index (χ3n) is 6.53. The van der Waals surface area contributed by atoms with Gasteiger partial charge in [0.15, 0.2) is 11.6 Å². The smallest absolute Gasteiger partial charge is 0.218 e. The normalized spacial score (nSPS) is 21.1. The van der Waals surface area contributed by atoms with E-state index in [2.05, 4.69) is 26.3 Å². The van der Waals surface area contributed by atoms with Crippen molar-refractivity contribution in [3.05, 3.63) is 71.2 Å². The highest BCUT2D eigenvalue weighted by Gasteiger charge is 2.25. The number of allylic oxidation sites excluding steroid dienone is 3. The lowest BCUT2D eigenvalue weighted by atomic mass is 9.95. The average molecular weight is 463 g/mol. The van der Waals surface area contributed by atoms with Crippen molar-refractivity contribution < 1.29 is 8.78 Å². The molecule has 5 rings (SSSR count). The predicted octanol–water partition coefficient (Wildman–Crippen LogP) is 4.48. The molecule has 2 aliphatic heterocycles. The maximum Gasteiger partial charge on any atom is 0.218 e. The molecule has 1 saturated heterocycles. The van der Waals surface area contributed by atoms with Gasteiger partial charge in [0.2, 0.25) is 5.96 Å². The van der Waals surface area contributed by atoms with E-state index in [4.69, 9.17) is 9.98 Å². The first kappa shape index (κ1) is 22.4. The molecule has 1 N–H and O–H groups in total. The van der Waals surface area contributed by atoms with Gasteiger partial charge in [-0.25, -0.2) is 23.7 Å². The summed E-state index contributed by atoms with van der Waals surface area (Å²) in [6.45, 7) is 6.42. The highest BCUT2D eigenvalue weighted by molar-refractivity contribution is 6.27. The van der Waals surface area contributed by atoms with Crippen LogP contribution < -0.4 is 10.2 Å². The number of nitrogens with one attached hydrogen (secondary N) is 1. The zero-order chi connectivity index (χ0) is 23.7. The Morgan fingerprint density at radius 3 is 2.62 bits per heavy atom. The number of hydrogen-bond donors (Lipinski definition) is 1. The van der Waals surface area contributed by atoms with Crippen LogP contribution in [0.5, 0.6) is 0 Å². The first-order valence-electron chi connectivity index (χ1n) is 11.7. The number of nitrogens with zero attached hydrogens (tertiary/aromatic N) is 5. The zero-order valence-corrected chi connectivity index (χ0v) is 19.4. The second-order valence-electron chi connectivity index (χ2n) is 9.21. The molecule has 6 nitrogen and oxygen atoms in total. The maximum absolute atomic E-state index is 14.0. The Morgan fingerprint density at radius 2 is 1.85 bits per heavy atom. The Labute approximate surface area is 198 Å². The Bertz CT molecular complexity index is 1210. The van der Waals surface area contributed by atoms with Crippen LogP contribution >= 0.6 is 0 Å². The molecule has 0 saturated carbocycles. The molecule has 1 fully saturated rings. The number of anilines is 1. The lowest BCUT2D eigenvalue weighted by Crippen LogP contribution is -2.44. The van der Waals surface area contributed by atoms with Gasteiger partial charge in [-0.3, -0.25) is 4.99 Å². The fraction of sp³-hybridized carbons (Fsp3) is 0.385. The van der Waals surface area contributed by atoms with E-state index in [0.29, 0.717) is 24.5 Å². The van der Waals surface area contributed by atoms with Crippen molar-refractivity contribution in [2.45, 2.75) is 39.2 Å². The minimum Gasteiger partial charge on any atom is -0.356 e. The summed E-state index contributed by atoms with van der Waals surface area (Å²) in [6.07, 6.45) is 8.42. The molecule has 0 radical (unpaired) electrons. The summed E-state index contributed by atoms with van der Waals surface area (Å²) in [6, 6.07) is 6.30. The topological polar surface area (TPSA) is 65.8 Å². The summed E-state index contributed by atoms with van der Waals surface area (Å²) in [5.41, 5.74) is 4.34. The van der Waals surface area contributed by atoms with Gasteiger partial charge < -0.3 is 10.2 Å². The lowest BCUT2D eigenvalue weighted by molar-refractivity contribution is 0.462. The van der Waals surface area contributed by atoms with E-state index in [1.54, 1.807) is 12.4 Å². The molecular formula is C26H28F2N6. The second kappa shape index (κ2) is 9.44. The molecule has 1 aromatic heterocycles. The fourth-order valence-corrected chi connectivity index (χ4v) is 4.78. The van der Waals surface area contributed by atoms with Crippen LogP contribution in [0.4, 0.5) is 14.6 Å². The van der Waals surface area contributed by atoms with Gasteiger partial charge in [-0.2, -0.15) is 0 Å². The highest BCUT2D eigenvalue weighted by Crippen LogP contribution is 2.29. The van der Waals surface area contributed by atoms with Crippen LogP contribution in [0.3, 0.4) is 0 Å². The Hall–Kier alpha value is -3.42. The molecule has 3 heterocycles. The molecule has 1 unspecified atom stereocenters. The molecule has 1 aromatic carbocycles. The fourth-order valence-electron chi connectivity index (χ4n) is 4.78. The highest BCUT2D eigenvalue weighted by atomic mass is 19.2. The maximum atomic E-state index is 14.0. The molecule has 34 heavy (non-hydrogen) atoms. The molecule has 176 valence electrons. The number of rotatable bonds is 3. The van der Waals surface area contributed by atoms with E-state index in [9.17, 15) is 8.78 Å². The van der Waals surface area contributed by atoms with Crippen LogP contribution in [0.1, 0.15) is 37.4 Å². The van der Waals surface area contributed by atoms with Crippen molar-refractivity contribution in [2.24, 2.45) is 15.9 Å². The van der Waals surface area contributed by atoms with Crippen LogP contribution in [-0.4, -0.2) is 47.3 Å². The first-order chi connectivity index (χ1) is 16.4. The number of guanidine groups is 1. The van der Waals surface area contributed by atoms with E-state index in [-0.39, 0.29) is 12.0 Å². The van der Waals surface area contributed by atoms with Gasteiger partial charge in [0.1, 0.15) is 12.1 Å². The van der Waals surface area contributed by atoms with Gasteiger partial charge in [0, 0.05) is 48.9 Å². The van der Waals surface area contributed by atoms with Crippen LogP contribution in [-0.2, 0) is 0 Å². The summed E-state index contributed by atoms with van der Waals surface area (Å²) in [5, 5.41) is 3.54. The van der Waals surface area contributed by atoms with E-state index in [0.717, 1.165) is 54.3 Å². The third kappa shape index (κ3) is 4.90. The summed E-state index contributed by atoms with van der Waals surface area (Å²) in [4.78, 5) is 20.5.